The van der Waals surface area contributed by atoms with Gasteiger partial charge in [-0.15, -0.1) is 12.4 Å². The van der Waals surface area contributed by atoms with E-state index in [1.807, 2.05) is 4.90 Å². The highest BCUT2D eigenvalue weighted by Crippen LogP contribution is 2.28. The number of amides is 1. The molecule has 2 rings (SSSR count). The molecule has 0 saturated carbocycles. The number of halogens is 1. The zero-order chi connectivity index (χ0) is 17.5. The molecule has 1 fully saturated rings. The lowest BCUT2D eigenvalue weighted by Gasteiger charge is -2.23. The molecule has 1 aromatic rings. The van der Waals surface area contributed by atoms with E-state index in [1.54, 1.807) is 18.2 Å². The Bertz CT molecular complexity index is 594. The van der Waals surface area contributed by atoms with E-state index in [9.17, 15) is 9.59 Å². The molecule has 140 valence electrons. The van der Waals surface area contributed by atoms with Gasteiger partial charge in [-0.05, 0) is 44.4 Å². The molecule has 0 aromatic heterocycles. The molecule has 1 aromatic carbocycles. The summed E-state index contributed by atoms with van der Waals surface area (Å²) in [5.74, 6) is 1.23. The maximum absolute atomic E-state index is 12.2. The summed E-state index contributed by atoms with van der Waals surface area (Å²) in [7, 11) is 1.54. The summed E-state index contributed by atoms with van der Waals surface area (Å²) >= 11 is 0. The second-order valence-corrected chi connectivity index (χ2v) is 5.99. The molecule has 0 bridgehead atoms. The molecule has 0 spiro atoms. The predicted octanol–water partition coefficient (Wildman–Crippen LogP) is 2.43. The molecule has 1 unspecified atom stereocenters. The predicted molar refractivity (Wildman–Crippen MR) is 98.8 cm³/mol. The fourth-order valence-corrected chi connectivity index (χ4v) is 2.96. The molecule has 7 heteroatoms. The number of benzene rings is 1. The second-order valence-electron chi connectivity index (χ2n) is 5.99. The molecule has 1 aliphatic rings. The van der Waals surface area contributed by atoms with Gasteiger partial charge in [0.15, 0.2) is 17.3 Å². The van der Waals surface area contributed by atoms with Gasteiger partial charge in [0.2, 0.25) is 5.91 Å². The van der Waals surface area contributed by atoms with Crippen molar-refractivity contribution in [2.75, 3.05) is 26.8 Å². The molecule has 1 saturated heterocycles. The first-order chi connectivity index (χ1) is 11.6. The number of nitrogens with zero attached hydrogens (tertiary/aromatic N) is 1. The summed E-state index contributed by atoms with van der Waals surface area (Å²) in [6, 6.07) is 5.29. The number of methoxy groups -OCH3 is 1. The fraction of sp³-hybridized carbons (Fsp3) is 0.556. The minimum atomic E-state index is -0.0227. The van der Waals surface area contributed by atoms with Crippen molar-refractivity contribution in [2.24, 2.45) is 5.73 Å². The lowest BCUT2D eigenvalue weighted by atomic mass is 10.1. The summed E-state index contributed by atoms with van der Waals surface area (Å²) < 4.78 is 11.0. The normalized spacial score (nSPS) is 16.3. The van der Waals surface area contributed by atoms with Crippen molar-refractivity contribution in [1.29, 1.82) is 0 Å². The Labute approximate surface area is 155 Å². The van der Waals surface area contributed by atoms with E-state index >= 15 is 0 Å². The van der Waals surface area contributed by atoms with Crippen LogP contribution in [0.4, 0.5) is 0 Å². The number of rotatable bonds is 8. The first-order valence-electron chi connectivity index (χ1n) is 8.38. The summed E-state index contributed by atoms with van der Waals surface area (Å²) in [6.07, 6.45) is 3.11. The van der Waals surface area contributed by atoms with Crippen LogP contribution in [0.25, 0.3) is 0 Å². The molecule has 2 N–H and O–H groups in total. The van der Waals surface area contributed by atoms with Crippen LogP contribution in [-0.4, -0.2) is 49.4 Å². The molecule has 1 aliphatic heterocycles. The lowest BCUT2D eigenvalue weighted by Crippen LogP contribution is -2.39. The van der Waals surface area contributed by atoms with E-state index in [1.165, 1.54) is 14.0 Å². The lowest BCUT2D eigenvalue weighted by molar-refractivity contribution is -0.132. The van der Waals surface area contributed by atoms with Crippen LogP contribution in [-0.2, 0) is 4.79 Å². The number of Topliss-reactive ketones (excluding diaryl/α,β-unsaturated/α-hetero) is 1. The van der Waals surface area contributed by atoms with E-state index in [0.29, 0.717) is 43.1 Å². The van der Waals surface area contributed by atoms with Crippen LogP contribution in [0.2, 0.25) is 0 Å². The third-order valence-electron chi connectivity index (χ3n) is 4.33. The van der Waals surface area contributed by atoms with Gasteiger partial charge >= 0.3 is 0 Å². The maximum Gasteiger partial charge on any atom is 0.222 e. The first kappa shape index (κ1) is 21.3. The van der Waals surface area contributed by atoms with Gasteiger partial charge in [0, 0.05) is 31.1 Å². The molecule has 25 heavy (non-hydrogen) atoms. The molecule has 6 nitrogen and oxygen atoms in total. The molecule has 1 atom stereocenters. The molecular weight excluding hydrogens is 344 g/mol. The van der Waals surface area contributed by atoms with Crippen LogP contribution < -0.4 is 15.2 Å². The van der Waals surface area contributed by atoms with Crippen molar-refractivity contribution in [3.63, 3.8) is 0 Å². The van der Waals surface area contributed by atoms with Crippen molar-refractivity contribution in [2.45, 2.75) is 38.6 Å². The zero-order valence-electron chi connectivity index (χ0n) is 14.8. The average Bonchev–Trinajstić information content (AvgIpc) is 3.07. The number of hydrogen-bond donors (Lipinski definition) is 1. The van der Waals surface area contributed by atoms with Crippen molar-refractivity contribution in [3.05, 3.63) is 23.8 Å². The Morgan fingerprint density at radius 1 is 1.32 bits per heavy atom. The van der Waals surface area contributed by atoms with Crippen LogP contribution in [0.3, 0.4) is 0 Å². The highest BCUT2D eigenvalue weighted by Gasteiger charge is 2.26. The van der Waals surface area contributed by atoms with Gasteiger partial charge in [-0.25, -0.2) is 0 Å². The number of hydrogen-bond acceptors (Lipinski definition) is 5. The molecule has 1 amide bonds. The number of nitrogens with two attached hydrogens (primary N) is 1. The summed E-state index contributed by atoms with van der Waals surface area (Å²) in [5, 5.41) is 0. The van der Waals surface area contributed by atoms with Gasteiger partial charge in [-0.1, -0.05) is 0 Å². The van der Waals surface area contributed by atoms with Crippen LogP contribution >= 0.6 is 12.4 Å². The third kappa shape index (κ3) is 5.61. The van der Waals surface area contributed by atoms with Crippen LogP contribution in [0.1, 0.15) is 43.0 Å². The number of carbonyl (C=O) groups excluding carboxylic acids is 2. The Balaban J connectivity index is 0.00000312. The standard InChI is InChI=1S/C18H26N2O4.ClH/c1-13(21)14-7-8-16(17(11-14)23-2)24-10-4-6-18(22)20-9-3-5-15(20)12-19;/h7-8,11,15H,3-6,9-10,12,19H2,1-2H3;1H. The van der Waals surface area contributed by atoms with Gasteiger partial charge in [-0.3, -0.25) is 9.59 Å². The minimum Gasteiger partial charge on any atom is -0.493 e. The van der Waals surface area contributed by atoms with E-state index < -0.39 is 0 Å². The van der Waals surface area contributed by atoms with E-state index in [-0.39, 0.29) is 30.1 Å². The SMILES string of the molecule is COc1cc(C(C)=O)ccc1OCCCC(=O)N1CCCC1CN.Cl. The van der Waals surface area contributed by atoms with Crippen molar-refractivity contribution in [1.82, 2.24) is 4.90 Å². The largest absolute Gasteiger partial charge is 0.493 e. The molecular formula is C18H27ClN2O4. The van der Waals surface area contributed by atoms with Gasteiger partial charge in [-0.2, -0.15) is 0 Å². The highest BCUT2D eigenvalue weighted by molar-refractivity contribution is 5.94. The zero-order valence-corrected chi connectivity index (χ0v) is 15.6. The smallest absolute Gasteiger partial charge is 0.222 e. The number of carbonyl (C=O) groups is 2. The van der Waals surface area contributed by atoms with Crippen LogP contribution in [0.5, 0.6) is 11.5 Å². The number of ketones is 1. The Kier molecular flexibility index (Phi) is 8.72. The average molecular weight is 371 g/mol. The summed E-state index contributed by atoms with van der Waals surface area (Å²) in [4.78, 5) is 25.5. The van der Waals surface area contributed by atoms with Crippen molar-refractivity contribution >= 4 is 24.1 Å². The topological polar surface area (TPSA) is 81.9 Å². The number of likely N-dealkylation sites (tertiary alicyclic amines) is 1. The maximum atomic E-state index is 12.2. The quantitative estimate of drug-likeness (QED) is 0.561. The fourth-order valence-electron chi connectivity index (χ4n) is 2.96. The van der Waals surface area contributed by atoms with Crippen LogP contribution in [0.15, 0.2) is 18.2 Å². The van der Waals surface area contributed by atoms with E-state index in [2.05, 4.69) is 0 Å². The first-order valence-corrected chi connectivity index (χ1v) is 8.38. The monoisotopic (exact) mass is 370 g/mol. The summed E-state index contributed by atoms with van der Waals surface area (Å²) in [6.45, 7) is 3.26. The van der Waals surface area contributed by atoms with Gasteiger partial charge in [0.25, 0.3) is 0 Å². The van der Waals surface area contributed by atoms with Gasteiger partial charge < -0.3 is 20.1 Å². The second kappa shape index (κ2) is 10.3. The minimum absolute atomic E-state index is 0. The molecule has 0 radical (unpaired) electrons. The highest BCUT2D eigenvalue weighted by atomic mass is 35.5. The van der Waals surface area contributed by atoms with E-state index in [4.69, 9.17) is 15.2 Å². The van der Waals surface area contributed by atoms with Gasteiger partial charge in [0.05, 0.1) is 13.7 Å². The molecule has 1 heterocycles. The van der Waals surface area contributed by atoms with E-state index in [0.717, 1.165) is 19.4 Å². The Morgan fingerprint density at radius 2 is 2.08 bits per heavy atom. The van der Waals surface area contributed by atoms with Crippen molar-refractivity contribution < 1.29 is 19.1 Å². The summed E-state index contributed by atoms with van der Waals surface area (Å²) in [5.41, 5.74) is 6.28. The Hall–Kier alpha value is -1.79. The van der Waals surface area contributed by atoms with Crippen molar-refractivity contribution in [3.8, 4) is 11.5 Å². The molecule has 0 aliphatic carbocycles. The third-order valence-corrected chi connectivity index (χ3v) is 4.33. The Morgan fingerprint density at radius 3 is 2.72 bits per heavy atom. The van der Waals surface area contributed by atoms with Crippen LogP contribution in [0, 0.1) is 0 Å². The van der Waals surface area contributed by atoms with Gasteiger partial charge in [0.1, 0.15) is 0 Å². The number of ether oxygens (including phenoxy) is 2.